The molecule has 0 saturated heterocycles. The van der Waals surface area contributed by atoms with Crippen LogP contribution in [0.4, 0.5) is 0 Å². The van der Waals surface area contributed by atoms with Crippen molar-refractivity contribution >= 4 is 15.9 Å². The Labute approximate surface area is 114 Å². The number of hydrogen-bond donors (Lipinski definition) is 2. The lowest BCUT2D eigenvalue weighted by molar-refractivity contribution is 0.471. The maximum absolute atomic E-state index is 9.38. The van der Waals surface area contributed by atoms with E-state index in [1.165, 1.54) is 0 Å². The highest BCUT2D eigenvalue weighted by Crippen LogP contribution is 2.24. The number of benzene rings is 1. The first-order chi connectivity index (χ1) is 8.65. The van der Waals surface area contributed by atoms with Gasteiger partial charge in [-0.1, -0.05) is 6.07 Å². The second-order valence-corrected chi connectivity index (χ2v) is 4.90. The van der Waals surface area contributed by atoms with Gasteiger partial charge in [0.15, 0.2) is 5.82 Å². The summed E-state index contributed by atoms with van der Waals surface area (Å²) in [6.45, 7) is 1.58. The first kappa shape index (κ1) is 13.0. The summed E-state index contributed by atoms with van der Waals surface area (Å²) in [5.41, 5.74) is 1.12. The van der Waals surface area contributed by atoms with Crippen LogP contribution in [0.2, 0.25) is 0 Å². The summed E-state index contributed by atoms with van der Waals surface area (Å²) in [4.78, 5) is 4.16. The Kier molecular flexibility index (Phi) is 4.33. The van der Waals surface area contributed by atoms with Crippen LogP contribution in [0.1, 0.15) is 11.4 Å². The van der Waals surface area contributed by atoms with Gasteiger partial charge >= 0.3 is 0 Å². The smallest absolute Gasteiger partial charge is 0.151 e. The van der Waals surface area contributed by atoms with Gasteiger partial charge in [0.1, 0.15) is 12.1 Å². The van der Waals surface area contributed by atoms with Crippen molar-refractivity contribution in [2.24, 2.45) is 7.05 Å². The minimum Gasteiger partial charge on any atom is -0.507 e. The highest BCUT2D eigenvalue weighted by atomic mass is 79.9. The van der Waals surface area contributed by atoms with Crippen LogP contribution < -0.4 is 5.32 Å². The Balaban J connectivity index is 1.76. The van der Waals surface area contributed by atoms with Crippen LogP contribution in [0.5, 0.6) is 5.75 Å². The molecule has 1 aromatic heterocycles. The minimum atomic E-state index is 0.261. The van der Waals surface area contributed by atoms with E-state index in [1.54, 1.807) is 17.1 Å². The molecular formula is C12H15BrN4O. The third-order valence-corrected chi connectivity index (χ3v) is 3.15. The van der Waals surface area contributed by atoms with Crippen LogP contribution in [0.25, 0.3) is 0 Å². The molecule has 2 N–H and O–H groups in total. The van der Waals surface area contributed by atoms with Gasteiger partial charge in [-0.2, -0.15) is 5.10 Å². The number of phenols is 1. The quantitative estimate of drug-likeness (QED) is 0.824. The molecule has 0 aliphatic rings. The van der Waals surface area contributed by atoms with E-state index in [9.17, 15) is 5.11 Å². The number of rotatable bonds is 5. The number of phenolic OH excluding ortho intramolecular Hbond substituents is 1. The SMILES string of the molecule is Cn1cnc(CCNCc2ccc(O)c(Br)c2)n1. The predicted molar refractivity (Wildman–Crippen MR) is 72.2 cm³/mol. The first-order valence-corrected chi connectivity index (χ1v) is 6.47. The molecule has 96 valence electrons. The van der Waals surface area contributed by atoms with Crippen molar-refractivity contribution in [3.05, 3.63) is 40.4 Å². The summed E-state index contributed by atoms with van der Waals surface area (Å²) < 4.78 is 2.42. The lowest BCUT2D eigenvalue weighted by Gasteiger charge is -2.05. The van der Waals surface area contributed by atoms with Crippen LogP contribution in [-0.4, -0.2) is 26.4 Å². The fourth-order valence-corrected chi connectivity index (χ4v) is 2.02. The Hall–Kier alpha value is -1.40. The summed E-state index contributed by atoms with van der Waals surface area (Å²) in [6.07, 6.45) is 2.51. The van der Waals surface area contributed by atoms with Crippen LogP contribution >= 0.6 is 15.9 Å². The molecule has 0 aliphatic heterocycles. The Morgan fingerprint density at radius 3 is 2.94 bits per heavy atom. The molecule has 1 heterocycles. The second kappa shape index (κ2) is 5.97. The largest absolute Gasteiger partial charge is 0.507 e. The van der Waals surface area contributed by atoms with E-state index in [2.05, 4.69) is 31.3 Å². The molecule has 18 heavy (non-hydrogen) atoms. The van der Waals surface area contributed by atoms with Gasteiger partial charge in [0.2, 0.25) is 0 Å². The molecule has 6 heteroatoms. The topological polar surface area (TPSA) is 63.0 Å². The van der Waals surface area contributed by atoms with Crippen LogP contribution in [0, 0.1) is 0 Å². The van der Waals surface area contributed by atoms with Crippen molar-refractivity contribution < 1.29 is 5.11 Å². The molecule has 0 amide bonds. The van der Waals surface area contributed by atoms with E-state index in [0.29, 0.717) is 4.47 Å². The normalized spacial score (nSPS) is 10.8. The second-order valence-electron chi connectivity index (χ2n) is 4.05. The molecule has 5 nitrogen and oxygen atoms in total. The summed E-state index contributed by atoms with van der Waals surface area (Å²) in [5, 5.41) is 16.9. The molecule has 0 spiro atoms. The summed E-state index contributed by atoms with van der Waals surface area (Å²) in [7, 11) is 1.86. The highest BCUT2D eigenvalue weighted by Gasteiger charge is 2.01. The molecule has 2 rings (SSSR count). The van der Waals surface area contributed by atoms with Gasteiger partial charge in [-0.15, -0.1) is 0 Å². The molecule has 2 aromatic rings. The molecule has 0 atom stereocenters. The van der Waals surface area contributed by atoms with Crippen molar-refractivity contribution in [2.45, 2.75) is 13.0 Å². The van der Waals surface area contributed by atoms with Crippen molar-refractivity contribution in [3.8, 4) is 5.75 Å². The van der Waals surface area contributed by atoms with Gasteiger partial charge in [0.05, 0.1) is 4.47 Å². The van der Waals surface area contributed by atoms with Crippen molar-refractivity contribution in [1.82, 2.24) is 20.1 Å². The van der Waals surface area contributed by atoms with Crippen molar-refractivity contribution in [3.63, 3.8) is 0 Å². The van der Waals surface area contributed by atoms with Gasteiger partial charge < -0.3 is 10.4 Å². The van der Waals surface area contributed by atoms with E-state index in [4.69, 9.17) is 0 Å². The van der Waals surface area contributed by atoms with Gasteiger partial charge in [0, 0.05) is 26.6 Å². The molecule has 0 fully saturated rings. The third-order valence-electron chi connectivity index (χ3n) is 2.51. The Morgan fingerprint density at radius 1 is 1.44 bits per heavy atom. The summed E-state index contributed by atoms with van der Waals surface area (Å²) in [6, 6.07) is 5.48. The van der Waals surface area contributed by atoms with E-state index in [0.717, 1.165) is 30.9 Å². The maximum atomic E-state index is 9.38. The molecule has 0 radical (unpaired) electrons. The first-order valence-electron chi connectivity index (χ1n) is 5.68. The van der Waals surface area contributed by atoms with E-state index in [1.807, 2.05) is 19.2 Å². The number of nitrogens with zero attached hydrogens (tertiary/aromatic N) is 3. The minimum absolute atomic E-state index is 0.261. The molecular weight excluding hydrogens is 296 g/mol. The van der Waals surface area contributed by atoms with Gasteiger partial charge in [-0.25, -0.2) is 4.98 Å². The summed E-state index contributed by atoms with van der Waals surface area (Å²) in [5.74, 6) is 1.10. The lowest BCUT2D eigenvalue weighted by atomic mass is 10.2. The lowest BCUT2D eigenvalue weighted by Crippen LogP contribution is -2.17. The molecule has 0 bridgehead atoms. The van der Waals surface area contributed by atoms with Crippen molar-refractivity contribution in [2.75, 3.05) is 6.54 Å². The molecule has 0 aliphatic carbocycles. The Bertz CT molecular complexity index is 527. The average molecular weight is 311 g/mol. The Morgan fingerprint density at radius 2 is 2.28 bits per heavy atom. The maximum Gasteiger partial charge on any atom is 0.151 e. The zero-order valence-corrected chi connectivity index (χ0v) is 11.7. The van der Waals surface area contributed by atoms with Gasteiger partial charge in [0.25, 0.3) is 0 Å². The summed E-state index contributed by atoms with van der Waals surface area (Å²) >= 11 is 3.29. The third kappa shape index (κ3) is 3.54. The monoisotopic (exact) mass is 310 g/mol. The fourth-order valence-electron chi connectivity index (χ4n) is 1.59. The molecule has 0 unspecified atom stereocenters. The zero-order chi connectivity index (χ0) is 13.0. The number of aromatic nitrogens is 3. The zero-order valence-electron chi connectivity index (χ0n) is 10.1. The van der Waals surface area contributed by atoms with E-state index >= 15 is 0 Å². The van der Waals surface area contributed by atoms with Crippen LogP contribution in [0.3, 0.4) is 0 Å². The molecule has 0 saturated carbocycles. The van der Waals surface area contributed by atoms with E-state index < -0.39 is 0 Å². The standard InChI is InChI=1S/C12H15BrN4O/c1-17-8-15-12(16-17)4-5-14-7-9-2-3-11(18)10(13)6-9/h2-3,6,8,14,18H,4-5,7H2,1H3. The number of aryl methyl sites for hydroxylation is 1. The number of halogens is 1. The average Bonchev–Trinajstić information content (AvgIpc) is 2.75. The van der Waals surface area contributed by atoms with Crippen LogP contribution in [-0.2, 0) is 20.0 Å². The number of aromatic hydroxyl groups is 1. The molecule has 1 aromatic carbocycles. The van der Waals surface area contributed by atoms with Crippen molar-refractivity contribution in [1.29, 1.82) is 0 Å². The predicted octanol–water partition coefficient (Wildman–Crippen LogP) is 1.62. The highest BCUT2D eigenvalue weighted by molar-refractivity contribution is 9.10. The van der Waals surface area contributed by atoms with Gasteiger partial charge in [-0.3, -0.25) is 4.68 Å². The van der Waals surface area contributed by atoms with Crippen LogP contribution in [0.15, 0.2) is 29.0 Å². The number of nitrogens with one attached hydrogen (secondary N) is 1. The van der Waals surface area contributed by atoms with Gasteiger partial charge in [-0.05, 0) is 33.6 Å². The number of hydrogen-bond acceptors (Lipinski definition) is 4. The fraction of sp³-hybridized carbons (Fsp3) is 0.333. The van der Waals surface area contributed by atoms with E-state index in [-0.39, 0.29) is 5.75 Å².